The number of carbonyl (C=O) groups is 2. The Morgan fingerprint density at radius 3 is 2.02 bits per heavy atom. The van der Waals surface area contributed by atoms with Crippen molar-refractivity contribution < 1.29 is 40.6 Å². The number of hydrogen-bond donors (Lipinski definition) is 5. The zero-order chi connectivity index (χ0) is 33.2. The van der Waals surface area contributed by atoms with Crippen molar-refractivity contribution in [1.29, 1.82) is 0 Å². The van der Waals surface area contributed by atoms with Crippen LogP contribution in [0.15, 0.2) is 73.1 Å². The van der Waals surface area contributed by atoms with Gasteiger partial charge in [0.15, 0.2) is 0 Å². The topological polar surface area (TPSA) is 214 Å². The highest BCUT2D eigenvalue weighted by molar-refractivity contribution is 7.85. The summed E-state index contributed by atoms with van der Waals surface area (Å²) in [5, 5.41) is 14.4. The molecule has 1 atom stereocenters. The Bertz CT molecular complexity index is 1800. The molecule has 4 rings (SSSR count). The van der Waals surface area contributed by atoms with E-state index < -0.39 is 32.1 Å². The molecule has 0 fully saturated rings. The zero-order valence-corrected chi connectivity index (χ0v) is 26.2. The molecule has 44 heavy (non-hydrogen) atoms. The second kappa shape index (κ2) is 15.5. The lowest BCUT2D eigenvalue weighted by Gasteiger charge is -2.17. The fraction of sp³-hybridized carbons (Fsp3) is 0.233. The van der Waals surface area contributed by atoms with Crippen LogP contribution in [-0.2, 0) is 31.5 Å². The number of nitrogens with one attached hydrogen (secondary N) is 1. The van der Waals surface area contributed by atoms with Crippen molar-refractivity contribution in [2.75, 3.05) is 24.4 Å². The summed E-state index contributed by atoms with van der Waals surface area (Å²) in [5.74, 6) is -1.57. The highest BCUT2D eigenvalue weighted by atomic mass is 32.2. The number of pyridine rings is 1. The van der Waals surface area contributed by atoms with Crippen molar-refractivity contribution in [2.24, 2.45) is 5.73 Å². The first-order chi connectivity index (χ1) is 20.4. The third-order valence-electron chi connectivity index (χ3n) is 6.29. The molecule has 14 heteroatoms. The minimum Gasteiger partial charge on any atom is -0.478 e. The van der Waals surface area contributed by atoms with Gasteiger partial charge in [-0.2, -0.15) is 16.8 Å². The maximum absolute atomic E-state index is 13.0. The molecule has 1 heterocycles. The molecule has 1 amide bonds. The van der Waals surface area contributed by atoms with Crippen LogP contribution >= 0.6 is 0 Å². The molecule has 12 nitrogen and oxygen atoms in total. The van der Waals surface area contributed by atoms with Crippen molar-refractivity contribution in [1.82, 2.24) is 4.98 Å². The van der Waals surface area contributed by atoms with Crippen LogP contribution < -0.4 is 11.1 Å². The van der Waals surface area contributed by atoms with Gasteiger partial charge >= 0.3 is 5.97 Å². The Morgan fingerprint density at radius 2 is 1.48 bits per heavy atom. The van der Waals surface area contributed by atoms with Gasteiger partial charge in [0.2, 0.25) is 5.91 Å². The molecular weight excluding hydrogens is 610 g/mol. The molecule has 0 aliphatic carbocycles. The summed E-state index contributed by atoms with van der Waals surface area (Å²) >= 11 is 0. The van der Waals surface area contributed by atoms with Crippen LogP contribution in [0.3, 0.4) is 0 Å². The fourth-order valence-electron chi connectivity index (χ4n) is 4.25. The van der Waals surface area contributed by atoms with Crippen molar-refractivity contribution in [3.05, 3.63) is 106 Å². The van der Waals surface area contributed by atoms with Gasteiger partial charge in [-0.25, -0.2) is 4.79 Å². The average molecular weight is 646 g/mol. The Kier molecular flexibility index (Phi) is 12.7. The van der Waals surface area contributed by atoms with Crippen LogP contribution in [0, 0.1) is 13.8 Å². The monoisotopic (exact) mass is 645 g/mol. The molecule has 6 N–H and O–H groups in total. The number of aromatic nitrogens is 1. The molecule has 0 spiro atoms. The first-order valence-corrected chi connectivity index (χ1v) is 16.7. The Balaban J connectivity index is 0.000000586. The highest BCUT2D eigenvalue weighted by Gasteiger charge is 2.20. The highest BCUT2D eigenvalue weighted by Crippen LogP contribution is 2.25. The number of amides is 1. The number of hydrogen-bond acceptors (Lipinski definition) is 8. The molecule has 236 valence electrons. The Labute approximate surface area is 256 Å². The van der Waals surface area contributed by atoms with E-state index in [1.807, 2.05) is 68.4 Å². The first kappa shape index (κ1) is 36.0. The molecule has 4 aromatic rings. The van der Waals surface area contributed by atoms with Gasteiger partial charge in [-0.3, -0.25) is 18.9 Å². The van der Waals surface area contributed by atoms with Gasteiger partial charge in [0.25, 0.3) is 20.2 Å². The summed E-state index contributed by atoms with van der Waals surface area (Å²) in [4.78, 5) is 28.6. The van der Waals surface area contributed by atoms with Gasteiger partial charge < -0.3 is 16.2 Å². The predicted octanol–water partition coefficient (Wildman–Crippen LogP) is 3.83. The van der Waals surface area contributed by atoms with E-state index in [4.69, 9.17) is 14.8 Å². The number of rotatable bonds is 7. The number of benzene rings is 3. The SMILES string of the molecule is CS(=O)(=O)O.CS(=O)(=O)O.Cc1ccc(C(=O)O)c(C)c1Cc1ccc([C@@H](CN)C(=O)Nc2ccc3cnccc3c2)cc1. The summed E-state index contributed by atoms with van der Waals surface area (Å²) in [6, 6.07) is 18.9. The summed E-state index contributed by atoms with van der Waals surface area (Å²) in [6.45, 7) is 4.01. The lowest BCUT2D eigenvalue weighted by molar-refractivity contribution is -0.117. The van der Waals surface area contributed by atoms with E-state index in [0.717, 1.165) is 38.6 Å². The van der Waals surface area contributed by atoms with E-state index >= 15 is 0 Å². The standard InChI is InChI=1S/C28H27N3O3.2CH4O3S/c1-17-3-10-24(28(33)34)18(2)25(17)13-19-4-6-20(7-5-19)26(15-29)27(32)31-23-9-8-22-16-30-12-11-21(22)14-23;2*1-5(2,3)4/h3-12,14,16,26H,13,15,29H2,1-2H3,(H,31,32)(H,33,34);2*1H3,(H,2,3,4)/t26-;;/m1../s1. The van der Waals surface area contributed by atoms with Crippen molar-refractivity contribution in [3.8, 4) is 0 Å². The third-order valence-corrected chi connectivity index (χ3v) is 6.29. The van der Waals surface area contributed by atoms with Crippen LogP contribution in [-0.4, -0.2) is 67.0 Å². The molecule has 0 aliphatic rings. The van der Waals surface area contributed by atoms with Crippen LogP contribution in [0.4, 0.5) is 5.69 Å². The van der Waals surface area contributed by atoms with Gasteiger partial charge in [0, 0.05) is 30.0 Å². The number of anilines is 1. The maximum atomic E-state index is 13.0. The van der Waals surface area contributed by atoms with E-state index in [1.165, 1.54) is 0 Å². The number of aryl methyl sites for hydroxylation is 1. The smallest absolute Gasteiger partial charge is 0.335 e. The maximum Gasteiger partial charge on any atom is 0.335 e. The fourth-order valence-corrected chi connectivity index (χ4v) is 4.25. The summed E-state index contributed by atoms with van der Waals surface area (Å²) in [6.07, 6.45) is 5.55. The van der Waals surface area contributed by atoms with Crippen molar-refractivity contribution >= 4 is 48.6 Å². The third kappa shape index (κ3) is 12.2. The summed E-state index contributed by atoms with van der Waals surface area (Å²) < 4.78 is 51.7. The van der Waals surface area contributed by atoms with Crippen molar-refractivity contribution in [3.63, 3.8) is 0 Å². The Hall–Kier alpha value is -4.21. The Morgan fingerprint density at radius 1 is 0.886 bits per heavy atom. The second-order valence-corrected chi connectivity index (χ2v) is 12.9. The number of nitrogens with two attached hydrogens (primary N) is 1. The second-order valence-electron chi connectivity index (χ2n) is 9.94. The molecule has 1 aromatic heterocycles. The summed E-state index contributed by atoms with van der Waals surface area (Å²) in [5.41, 5.74) is 11.7. The molecule has 3 aromatic carbocycles. The van der Waals surface area contributed by atoms with E-state index in [2.05, 4.69) is 10.3 Å². The largest absolute Gasteiger partial charge is 0.478 e. The van der Waals surface area contributed by atoms with E-state index in [-0.39, 0.29) is 12.5 Å². The van der Waals surface area contributed by atoms with Crippen molar-refractivity contribution in [2.45, 2.75) is 26.2 Å². The van der Waals surface area contributed by atoms with E-state index in [1.54, 1.807) is 18.5 Å². The molecular formula is C30H35N3O9S2. The van der Waals surface area contributed by atoms with Gasteiger partial charge in [-0.15, -0.1) is 0 Å². The minimum absolute atomic E-state index is 0.162. The van der Waals surface area contributed by atoms with Gasteiger partial charge in [0.1, 0.15) is 0 Å². The van der Waals surface area contributed by atoms with Gasteiger partial charge in [-0.1, -0.05) is 36.4 Å². The number of carboxylic acids is 1. The number of carbonyl (C=O) groups excluding carboxylic acids is 1. The number of aromatic carboxylic acids is 1. The molecule has 0 bridgehead atoms. The van der Waals surface area contributed by atoms with Crippen LogP contribution in [0.1, 0.15) is 44.1 Å². The van der Waals surface area contributed by atoms with E-state index in [9.17, 15) is 31.5 Å². The van der Waals surface area contributed by atoms with Gasteiger partial charge in [0.05, 0.1) is 24.0 Å². The molecule has 0 saturated heterocycles. The number of nitrogens with zero attached hydrogens (tertiary/aromatic N) is 1. The summed E-state index contributed by atoms with van der Waals surface area (Å²) in [7, 11) is -7.33. The number of fused-ring (bicyclic) bond motifs is 1. The van der Waals surface area contributed by atoms with Crippen LogP contribution in [0.2, 0.25) is 0 Å². The molecule has 0 unspecified atom stereocenters. The normalized spacial score (nSPS) is 11.8. The molecule has 0 aliphatic heterocycles. The average Bonchev–Trinajstić information content (AvgIpc) is 2.90. The van der Waals surface area contributed by atoms with Crippen LogP contribution in [0.5, 0.6) is 0 Å². The quantitative estimate of drug-likeness (QED) is 0.182. The molecule has 0 saturated carbocycles. The van der Waals surface area contributed by atoms with Crippen LogP contribution in [0.25, 0.3) is 10.8 Å². The lowest BCUT2D eigenvalue weighted by atomic mass is 9.91. The minimum atomic E-state index is -3.67. The van der Waals surface area contributed by atoms with Gasteiger partial charge in [-0.05, 0) is 77.7 Å². The lowest BCUT2D eigenvalue weighted by Crippen LogP contribution is -2.27. The van der Waals surface area contributed by atoms with E-state index in [0.29, 0.717) is 30.2 Å². The zero-order valence-electron chi connectivity index (χ0n) is 24.6. The number of carboxylic acid groups (broad SMARTS) is 1. The molecule has 0 radical (unpaired) electrons. The predicted molar refractivity (Wildman–Crippen MR) is 169 cm³/mol. The first-order valence-electron chi connectivity index (χ1n) is 13.0.